The maximum atomic E-state index is 11.9. The predicted octanol–water partition coefficient (Wildman–Crippen LogP) is 2.26. The van der Waals surface area contributed by atoms with Crippen molar-refractivity contribution in [2.45, 2.75) is 45.4 Å². The molecule has 1 aliphatic rings. The third-order valence-corrected chi connectivity index (χ3v) is 3.58. The first-order valence-electron chi connectivity index (χ1n) is 6.47. The number of amides is 1. The molecule has 1 atom stereocenters. The Hall–Kier alpha value is -1.07. The summed E-state index contributed by atoms with van der Waals surface area (Å²) in [5, 5.41) is 2.94. The van der Waals surface area contributed by atoms with Crippen molar-refractivity contribution in [1.29, 1.82) is 0 Å². The summed E-state index contributed by atoms with van der Waals surface area (Å²) in [7, 11) is 0. The van der Waals surface area contributed by atoms with Gasteiger partial charge >= 0.3 is 0 Å². The van der Waals surface area contributed by atoms with Gasteiger partial charge in [-0.25, -0.2) is 0 Å². The Morgan fingerprint density at radius 1 is 1.58 bits per heavy atom. The standard InChI is InChI=1S/C14H19BrN2O2/c1-8-5-11(15)6-10(7-16)13(8)19-9(2)14(18)17-12-3-4-12/h5-6,9,12H,3-4,7,16H2,1-2H3,(H,17,18). The van der Waals surface area contributed by atoms with E-state index in [-0.39, 0.29) is 5.91 Å². The molecule has 0 aromatic heterocycles. The van der Waals surface area contributed by atoms with Gasteiger partial charge in [-0.15, -0.1) is 0 Å². The van der Waals surface area contributed by atoms with Crippen LogP contribution in [0.15, 0.2) is 16.6 Å². The van der Waals surface area contributed by atoms with Crippen LogP contribution in [0.1, 0.15) is 30.9 Å². The van der Waals surface area contributed by atoms with Crippen molar-refractivity contribution < 1.29 is 9.53 Å². The molecule has 0 aliphatic heterocycles. The summed E-state index contributed by atoms with van der Waals surface area (Å²) in [6, 6.07) is 4.23. The molecule has 0 bridgehead atoms. The molecule has 5 heteroatoms. The molecule has 104 valence electrons. The number of aryl methyl sites for hydroxylation is 1. The van der Waals surface area contributed by atoms with Crippen molar-refractivity contribution in [3.63, 3.8) is 0 Å². The van der Waals surface area contributed by atoms with E-state index in [0.717, 1.165) is 28.4 Å². The van der Waals surface area contributed by atoms with Gasteiger partial charge in [-0.2, -0.15) is 0 Å². The quantitative estimate of drug-likeness (QED) is 0.872. The van der Waals surface area contributed by atoms with Crippen molar-refractivity contribution >= 4 is 21.8 Å². The lowest BCUT2D eigenvalue weighted by Gasteiger charge is -2.19. The summed E-state index contributed by atoms with van der Waals surface area (Å²) in [5.74, 6) is 0.650. The molecule has 1 fully saturated rings. The topological polar surface area (TPSA) is 64.3 Å². The number of hydrogen-bond acceptors (Lipinski definition) is 3. The molecule has 0 saturated heterocycles. The second-order valence-electron chi connectivity index (χ2n) is 4.96. The Balaban J connectivity index is 2.10. The number of nitrogens with two attached hydrogens (primary N) is 1. The molecule has 1 unspecified atom stereocenters. The molecule has 4 nitrogen and oxygen atoms in total. The van der Waals surface area contributed by atoms with Crippen LogP contribution in [0, 0.1) is 6.92 Å². The third-order valence-electron chi connectivity index (χ3n) is 3.12. The number of ether oxygens (including phenoxy) is 1. The molecule has 2 rings (SSSR count). The zero-order valence-electron chi connectivity index (χ0n) is 11.2. The highest BCUT2D eigenvalue weighted by Crippen LogP contribution is 2.29. The molecule has 1 aromatic rings. The Bertz CT molecular complexity index is 487. The average molecular weight is 327 g/mol. The van der Waals surface area contributed by atoms with Gasteiger partial charge in [-0.1, -0.05) is 15.9 Å². The largest absolute Gasteiger partial charge is 0.480 e. The molecule has 3 N–H and O–H groups in total. The minimum atomic E-state index is -0.509. The molecule has 19 heavy (non-hydrogen) atoms. The Labute approximate surface area is 121 Å². The molecular weight excluding hydrogens is 308 g/mol. The van der Waals surface area contributed by atoms with E-state index in [2.05, 4.69) is 21.2 Å². The first-order valence-corrected chi connectivity index (χ1v) is 7.26. The number of carbonyl (C=O) groups excluding carboxylic acids is 1. The summed E-state index contributed by atoms with van der Waals surface area (Å²) in [5.41, 5.74) is 7.60. The predicted molar refractivity (Wildman–Crippen MR) is 78.0 cm³/mol. The smallest absolute Gasteiger partial charge is 0.260 e. The van der Waals surface area contributed by atoms with Crippen LogP contribution in [0.25, 0.3) is 0 Å². The average Bonchev–Trinajstić information content (AvgIpc) is 3.15. The van der Waals surface area contributed by atoms with E-state index in [1.54, 1.807) is 6.92 Å². The van der Waals surface area contributed by atoms with Gasteiger partial charge in [0.05, 0.1) is 0 Å². The van der Waals surface area contributed by atoms with Crippen molar-refractivity contribution in [2.75, 3.05) is 0 Å². The lowest BCUT2D eigenvalue weighted by Crippen LogP contribution is -2.37. The van der Waals surface area contributed by atoms with Crippen LogP contribution in [0.5, 0.6) is 5.75 Å². The van der Waals surface area contributed by atoms with Gasteiger partial charge in [0.2, 0.25) is 0 Å². The Kier molecular flexibility index (Phi) is 4.47. The van der Waals surface area contributed by atoms with Crippen LogP contribution < -0.4 is 15.8 Å². The first kappa shape index (κ1) is 14.3. The molecular formula is C14H19BrN2O2. The summed E-state index contributed by atoms with van der Waals surface area (Å²) < 4.78 is 6.77. The van der Waals surface area contributed by atoms with Gasteiger partial charge in [0.1, 0.15) is 5.75 Å². The molecule has 1 aromatic carbocycles. The highest BCUT2D eigenvalue weighted by atomic mass is 79.9. The monoisotopic (exact) mass is 326 g/mol. The van der Waals surface area contributed by atoms with Gasteiger partial charge in [-0.3, -0.25) is 4.79 Å². The summed E-state index contributed by atoms with van der Waals surface area (Å²) in [4.78, 5) is 11.9. The van der Waals surface area contributed by atoms with Crippen LogP contribution in [0.3, 0.4) is 0 Å². The van der Waals surface area contributed by atoms with E-state index in [4.69, 9.17) is 10.5 Å². The number of nitrogens with one attached hydrogen (secondary N) is 1. The van der Waals surface area contributed by atoms with E-state index in [0.29, 0.717) is 18.3 Å². The summed E-state index contributed by atoms with van der Waals surface area (Å²) in [6.07, 6.45) is 1.64. The van der Waals surface area contributed by atoms with Crippen molar-refractivity contribution in [2.24, 2.45) is 5.73 Å². The summed E-state index contributed by atoms with van der Waals surface area (Å²) >= 11 is 3.43. The second-order valence-corrected chi connectivity index (χ2v) is 5.87. The van der Waals surface area contributed by atoms with E-state index >= 15 is 0 Å². The van der Waals surface area contributed by atoms with Crippen LogP contribution in [0.4, 0.5) is 0 Å². The molecule has 0 radical (unpaired) electrons. The van der Waals surface area contributed by atoms with E-state index in [9.17, 15) is 4.79 Å². The van der Waals surface area contributed by atoms with Crippen molar-refractivity contribution in [3.8, 4) is 5.75 Å². The van der Waals surface area contributed by atoms with E-state index in [1.807, 2.05) is 19.1 Å². The molecule has 1 aliphatic carbocycles. The first-order chi connectivity index (χ1) is 9.01. The highest BCUT2D eigenvalue weighted by molar-refractivity contribution is 9.10. The zero-order chi connectivity index (χ0) is 14.0. The maximum absolute atomic E-state index is 11.9. The number of hydrogen-bond donors (Lipinski definition) is 2. The van der Waals surface area contributed by atoms with Crippen LogP contribution in [-0.2, 0) is 11.3 Å². The normalized spacial score (nSPS) is 16.0. The molecule has 0 spiro atoms. The van der Waals surface area contributed by atoms with Gasteiger partial charge in [0, 0.05) is 22.6 Å². The Morgan fingerprint density at radius 2 is 2.26 bits per heavy atom. The van der Waals surface area contributed by atoms with E-state index < -0.39 is 6.10 Å². The number of halogens is 1. The van der Waals surface area contributed by atoms with Crippen LogP contribution in [-0.4, -0.2) is 18.1 Å². The minimum Gasteiger partial charge on any atom is -0.480 e. The SMILES string of the molecule is Cc1cc(Br)cc(CN)c1OC(C)C(=O)NC1CC1. The minimum absolute atomic E-state index is 0.0622. The fourth-order valence-corrected chi connectivity index (χ4v) is 2.52. The zero-order valence-corrected chi connectivity index (χ0v) is 12.8. The van der Waals surface area contributed by atoms with Crippen LogP contribution >= 0.6 is 15.9 Å². The fraction of sp³-hybridized carbons (Fsp3) is 0.500. The van der Waals surface area contributed by atoms with Gasteiger partial charge in [0.25, 0.3) is 5.91 Å². The number of benzene rings is 1. The fourth-order valence-electron chi connectivity index (χ4n) is 1.90. The molecule has 1 amide bonds. The number of carbonyl (C=O) groups is 1. The lowest BCUT2D eigenvalue weighted by molar-refractivity contribution is -0.127. The van der Waals surface area contributed by atoms with Crippen LogP contribution in [0.2, 0.25) is 0 Å². The third kappa shape index (κ3) is 3.70. The summed E-state index contributed by atoms with van der Waals surface area (Å²) in [6.45, 7) is 4.09. The maximum Gasteiger partial charge on any atom is 0.260 e. The van der Waals surface area contributed by atoms with Crippen molar-refractivity contribution in [1.82, 2.24) is 5.32 Å². The Morgan fingerprint density at radius 3 is 2.84 bits per heavy atom. The lowest BCUT2D eigenvalue weighted by atomic mass is 10.1. The van der Waals surface area contributed by atoms with Crippen molar-refractivity contribution in [3.05, 3.63) is 27.7 Å². The number of rotatable bonds is 5. The second kappa shape index (κ2) is 5.92. The van der Waals surface area contributed by atoms with Gasteiger partial charge in [0.15, 0.2) is 6.10 Å². The molecule has 1 saturated carbocycles. The van der Waals surface area contributed by atoms with E-state index in [1.165, 1.54) is 0 Å². The van der Waals surface area contributed by atoms with Gasteiger partial charge in [-0.05, 0) is 44.4 Å². The van der Waals surface area contributed by atoms with Gasteiger partial charge < -0.3 is 15.8 Å². The highest BCUT2D eigenvalue weighted by Gasteiger charge is 2.26. The molecule has 0 heterocycles.